The van der Waals surface area contributed by atoms with E-state index in [-0.39, 0.29) is 6.61 Å². The summed E-state index contributed by atoms with van der Waals surface area (Å²) in [5.41, 5.74) is 0.933. The van der Waals surface area contributed by atoms with Gasteiger partial charge < -0.3 is 15.0 Å². The molecule has 0 aliphatic carbocycles. The van der Waals surface area contributed by atoms with Gasteiger partial charge in [-0.2, -0.15) is 11.8 Å². The highest BCUT2D eigenvalue weighted by Gasteiger charge is 2.07. The molecule has 2 aromatic heterocycles. The summed E-state index contributed by atoms with van der Waals surface area (Å²) in [6.07, 6.45) is 5.41. The number of thioether (sulfide) groups is 1. The predicted octanol–water partition coefficient (Wildman–Crippen LogP) is 2.01. The highest BCUT2D eigenvalue weighted by Crippen LogP contribution is 2.20. The second-order valence-corrected chi connectivity index (χ2v) is 6.23. The van der Waals surface area contributed by atoms with E-state index in [1.54, 1.807) is 24.3 Å². The third-order valence-electron chi connectivity index (χ3n) is 3.31. The van der Waals surface area contributed by atoms with Gasteiger partial charge >= 0.3 is 0 Å². The second-order valence-electron chi connectivity index (χ2n) is 5.00. The molecule has 0 bridgehead atoms. The van der Waals surface area contributed by atoms with E-state index in [1.165, 1.54) is 0 Å². The zero-order chi connectivity index (χ0) is 15.9. The van der Waals surface area contributed by atoms with E-state index in [0.717, 1.165) is 40.6 Å². The van der Waals surface area contributed by atoms with Gasteiger partial charge in [0.25, 0.3) is 0 Å². The Morgan fingerprint density at radius 3 is 2.91 bits per heavy atom. The molecule has 2 heterocycles. The Balaban J connectivity index is 1.79. The number of aliphatic hydroxyl groups is 1. The molecule has 0 atom stereocenters. The van der Waals surface area contributed by atoms with Crippen LogP contribution < -0.4 is 5.32 Å². The fourth-order valence-corrected chi connectivity index (χ4v) is 2.86. The molecule has 3 rings (SSSR count). The van der Waals surface area contributed by atoms with Gasteiger partial charge in [-0.1, -0.05) is 12.1 Å². The molecule has 0 radical (unpaired) electrons. The molecule has 6 nitrogen and oxygen atoms in total. The monoisotopic (exact) mass is 329 g/mol. The number of fused-ring (bicyclic) bond motifs is 1. The van der Waals surface area contributed by atoms with Crippen molar-refractivity contribution >= 4 is 28.5 Å². The van der Waals surface area contributed by atoms with E-state index >= 15 is 0 Å². The zero-order valence-electron chi connectivity index (χ0n) is 12.7. The number of imidazole rings is 1. The first-order valence-electron chi connectivity index (χ1n) is 7.50. The van der Waals surface area contributed by atoms with Crippen LogP contribution in [0.5, 0.6) is 0 Å². The van der Waals surface area contributed by atoms with Crippen molar-refractivity contribution in [3.8, 4) is 0 Å². The Bertz CT molecular complexity index is 747. The minimum atomic E-state index is 0.218. The van der Waals surface area contributed by atoms with Gasteiger partial charge in [-0.25, -0.2) is 15.0 Å². The predicted molar refractivity (Wildman–Crippen MR) is 93.8 cm³/mol. The van der Waals surface area contributed by atoms with Crippen LogP contribution in [-0.4, -0.2) is 49.3 Å². The highest BCUT2D eigenvalue weighted by atomic mass is 32.2. The van der Waals surface area contributed by atoms with E-state index in [2.05, 4.69) is 20.3 Å². The Morgan fingerprint density at radius 2 is 2.09 bits per heavy atom. The van der Waals surface area contributed by atoms with Crippen LogP contribution in [0.3, 0.4) is 0 Å². The smallest absolute Gasteiger partial charge is 0.151 e. The maximum atomic E-state index is 8.81. The molecular weight excluding hydrogens is 310 g/mol. The van der Waals surface area contributed by atoms with Crippen molar-refractivity contribution in [2.45, 2.75) is 6.54 Å². The van der Waals surface area contributed by atoms with Crippen LogP contribution in [0, 0.1) is 0 Å². The third kappa shape index (κ3) is 4.20. The fourth-order valence-electron chi connectivity index (χ4n) is 2.28. The summed E-state index contributed by atoms with van der Waals surface area (Å²) >= 11 is 1.72. The minimum Gasteiger partial charge on any atom is -0.396 e. The molecule has 0 amide bonds. The molecule has 2 N–H and O–H groups in total. The maximum Gasteiger partial charge on any atom is 0.151 e. The summed E-state index contributed by atoms with van der Waals surface area (Å²) < 4.78 is 1.95. The number of aromatic nitrogens is 4. The van der Waals surface area contributed by atoms with Crippen LogP contribution in [-0.2, 0) is 6.54 Å². The molecule has 0 saturated carbocycles. The molecule has 0 fully saturated rings. The van der Waals surface area contributed by atoms with Crippen molar-refractivity contribution < 1.29 is 5.11 Å². The Kier molecular flexibility index (Phi) is 5.44. The Morgan fingerprint density at radius 1 is 1.17 bits per heavy atom. The molecule has 0 saturated heterocycles. The van der Waals surface area contributed by atoms with Gasteiger partial charge in [-0.15, -0.1) is 0 Å². The number of anilines is 1. The molecule has 0 aliphatic rings. The standard InChI is InChI=1S/C16H19N5OS/c22-8-10-23-9-6-18-16-13-3-1-2-4-14(13)19-15(20-16)11-21-7-5-17-12-21/h1-5,7,12,22H,6,8-11H2,(H,18,19,20). The third-order valence-corrected chi connectivity index (χ3v) is 4.27. The Labute approximate surface area is 139 Å². The molecule has 1 aromatic carbocycles. The van der Waals surface area contributed by atoms with Crippen molar-refractivity contribution in [2.75, 3.05) is 30.0 Å². The second kappa shape index (κ2) is 7.94. The van der Waals surface area contributed by atoms with Crippen molar-refractivity contribution in [3.63, 3.8) is 0 Å². The summed E-state index contributed by atoms with van der Waals surface area (Å²) in [4.78, 5) is 13.3. The van der Waals surface area contributed by atoms with Gasteiger partial charge in [-0.05, 0) is 12.1 Å². The first-order valence-corrected chi connectivity index (χ1v) is 8.66. The molecule has 120 valence electrons. The summed E-state index contributed by atoms with van der Waals surface area (Å²) in [5.74, 6) is 3.30. The number of aliphatic hydroxyl groups excluding tert-OH is 1. The summed E-state index contributed by atoms with van der Waals surface area (Å²) in [7, 11) is 0. The van der Waals surface area contributed by atoms with Crippen molar-refractivity contribution in [2.24, 2.45) is 0 Å². The minimum absolute atomic E-state index is 0.218. The highest BCUT2D eigenvalue weighted by molar-refractivity contribution is 7.99. The van der Waals surface area contributed by atoms with Gasteiger partial charge in [0.05, 0.1) is 25.0 Å². The van der Waals surface area contributed by atoms with E-state index in [1.807, 2.05) is 35.0 Å². The number of nitrogens with zero attached hydrogens (tertiary/aromatic N) is 4. The number of hydrogen-bond donors (Lipinski definition) is 2. The molecule has 0 unspecified atom stereocenters. The van der Waals surface area contributed by atoms with Crippen molar-refractivity contribution in [1.29, 1.82) is 0 Å². The quantitative estimate of drug-likeness (QED) is 0.616. The molecule has 23 heavy (non-hydrogen) atoms. The van der Waals surface area contributed by atoms with Crippen LogP contribution in [0.15, 0.2) is 43.0 Å². The lowest BCUT2D eigenvalue weighted by Crippen LogP contribution is -2.10. The molecule has 0 aliphatic heterocycles. The molecule has 3 aromatic rings. The van der Waals surface area contributed by atoms with E-state index in [0.29, 0.717) is 6.54 Å². The van der Waals surface area contributed by atoms with Crippen molar-refractivity contribution in [3.05, 3.63) is 48.8 Å². The topological polar surface area (TPSA) is 75.9 Å². The van der Waals surface area contributed by atoms with E-state index in [4.69, 9.17) is 5.11 Å². The number of hydrogen-bond acceptors (Lipinski definition) is 6. The summed E-state index contributed by atoms with van der Waals surface area (Å²) in [6, 6.07) is 8.00. The van der Waals surface area contributed by atoms with Crippen LogP contribution in [0.2, 0.25) is 0 Å². The molecule has 7 heteroatoms. The molecular formula is C16H19N5OS. The average molecular weight is 329 g/mol. The average Bonchev–Trinajstić information content (AvgIpc) is 3.07. The van der Waals surface area contributed by atoms with Gasteiger partial charge in [-0.3, -0.25) is 0 Å². The lowest BCUT2D eigenvalue weighted by Gasteiger charge is -2.11. The molecule has 0 spiro atoms. The van der Waals surface area contributed by atoms with Gasteiger partial charge in [0.2, 0.25) is 0 Å². The van der Waals surface area contributed by atoms with Gasteiger partial charge in [0, 0.05) is 35.8 Å². The Hall–Kier alpha value is -2.12. The number of rotatable bonds is 8. The van der Waals surface area contributed by atoms with Gasteiger partial charge in [0.15, 0.2) is 5.82 Å². The zero-order valence-corrected chi connectivity index (χ0v) is 13.5. The van der Waals surface area contributed by atoms with Crippen LogP contribution in [0.1, 0.15) is 5.82 Å². The summed E-state index contributed by atoms with van der Waals surface area (Å²) in [6.45, 7) is 1.62. The van der Waals surface area contributed by atoms with E-state index in [9.17, 15) is 0 Å². The normalized spacial score (nSPS) is 11.0. The first-order chi connectivity index (χ1) is 11.4. The van der Waals surface area contributed by atoms with Crippen molar-refractivity contribution in [1.82, 2.24) is 19.5 Å². The number of benzene rings is 1. The number of nitrogens with one attached hydrogen (secondary N) is 1. The SMILES string of the molecule is OCCSCCNc1nc(Cn2ccnc2)nc2ccccc12. The largest absolute Gasteiger partial charge is 0.396 e. The first kappa shape index (κ1) is 15.8. The van der Waals surface area contributed by atoms with E-state index < -0.39 is 0 Å². The lowest BCUT2D eigenvalue weighted by atomic mass is 10.2. The van der Waals surface area contributed by atoms with Gasteiger partial charge in [0.1, 0.15) is 5.82 Å². The van der Waals surface area contributed by atoms with Crippen LogP contribution in [0.25, 0.3) is 10.9 Å². The maximum absolute atomic E-state index is 8.81. The van der Waals surface area contributed by atoms with Crippen LogP contribution in [0.4, 0.5) is 5.82 Å². The van der Waals surface area contributed by atoms with Crippen LogP contribution >= 0.6 is 11.8 Å². The summed E-state index contributed by atoms with van der Waals surface area (Å²) in [5, 5.41) is 13.2. The fraction of sp³-hybridized carbons (Fsp3) is 0.312. The lowest BCUT2D eigenvalue weighted by molar-refractivity contribution is 0.322. The number of para-hydroxylation sites is 1.